The van der Waals surface area contributed by atoms with Crippen molar-refractivity contribution in [1.82, 2.24) is 5.32 Å². The summed E-state index contributed by atoms with van der Waals surface area (Å²) in [5.41, 5.74) is 0.798. The van der Waals surface area contributed by atoms with Gasteiger partial charge in [-0.15, -0.1) is 0 Å². The van der Waals surface area contributed by atoms with Crippen LogP contribution < -0.4 is 10.1 Å². The maximum atomic E-state index is 13.3. The van der Waals surface area contributed by atoms with Gasteiger partial charge in [-0.2, -0.15) is 0 Å². The molecule has 0 heterocycles. The predicted molar refractivity (Wildman–Crippen MR) is 67.2 cm³/mol. The molecule has 0 aliphatic heterocycles. The first-order chi connectivity index (χ1) is 8.65. The normalized spacial score (nSPS) is 12.4. The third kappa shape index (κ3) is 5.44. The summed E-state index contributed by atoms with van der Waals surface area (Å²) in [6, 6.07) is 4.49. The van der Waals surface area contributed by atoms with E-state index in [-0.39, 0.29) is 19.0 Å². The molecule has 0 fully saturated rings. The Bertz CT molecular complexity index is 360. The molecule has 1 aromatic rings. The van der Waals surface area contributed by atoms with Gasteiger partial charge in [0.15, 0.2) is 0 Å². The Balaban J connectivity index is 2.50. The third-order valence-electron chi connectivity index (χ3n) is 2.27. The van der Waals surface area contributed by atoms with E-state index in [0.29, 0.717) is 18.9 Å². The largest absolute Gasteiger partial charge is 0.491 e. The fourth-order valence-electron chi connectivity index (χ4n) is 1.50. The van der Waals surface area contributed by atoms with Crippen molar-refractivity contribution in [2.24, 2.45) is 0 Å². The summed E-state index contributed by atoms with van der Waals surface area (Å²) >= 11 is 0. The van der Waals surface area contributed by atoms with Gasteiger partial charge in [0.05, 0.1) is 6.61 Å². The van der Waals surface area contributed by atoms with Crippen molar-refractivity contribution in [3.05, 3.63) is 29.6 Å². The lowest BCUT2D eigenvalue weighted by atomic mass is 10.2. The minimum atomic E-state index is -0.707. The highest BCUT2D eigenvalue weighted by molar-refractivity contribution is 5.29. The van der Waals surface area contributed by atoms with E-state index < -0.39 is 6.10 Å². The molecule has 2 N–H and O–H groups in total. The standard InChI is InChI=1S/C13H20FNO3/c1-3-17-8-12(16)9-18-13-5-10(7-15-2)4-11(14)6-13/h4-6,12,15-16H,3,7-9H2,1-2H3. The van der Waals surface area contributed by atoms with Gasteiger partial charge in [0.1, 0.15) is 24.3 Å². The lowest BCUT2D eigenvalue weighted by Crippen LogP contribution is -2.23. The Kier molecular flexibility index (Phi) is 6.64. The first kappa shape index (κ1) is 14.9. The van der Waals surface area contributed by atoms with Gasteiger partial charge in [-0.3, -0.25) is 0 Å². The second kappa shape index (κ2) is 8.02. The highest BCUT2D eigenvalue weighted by Crippen LogP contribution is 2.16. The number of halogens is 1. The molecule has 5 heteroatoms. The van der Waals surface area contributed by atoms with E-state index in [1.807, 2.05) is 6.92 Å². The zero-order valence-corrected chi connectivity index (χ0v) is 10.8. The quantitative estimate of drug-likeness (QED) is 0.737. The molecule has 0 aliphatic rings. The van der Waals surface area contributed by atoms with Crippen molar-refractivity contribution in [3.8, 4) is 5.75 Å². The summed E-state index contributed by atoms with van der Waals surface area (Å²) in [5, 5.41) is 12.5. The van der Waals surface area contributed by atoms with Crippen LogP contribution >= 0.6 is 0 Å². The fourth-order valence-corrected chi connectivity index (χ4v) is 1.50. The highest BCUT2D eigenvalue weighted by atomic mass is 19.1. The average Bonchev–Trinajstić information content (AvgIpc) is 2.33. The van der Waals surface area contributed by atoms with Gasteiger partial charge in [0, 0.05) is 19.2 Å². The van der Waals surface area contributed by atoms with Gasteiger partial charge in [-0.1, -0.05) is 0 Å². The van der Waals surface area contributed by atoms with Crippen LogP contribution in [0.5, 0.6) is 5.75 Å². The molecule has 0 saturated heterocycles. The van der Waals surface area contributed by atoms with Crippen LogP contribution in [0.2, 0.25) is 0 Å². The van der Waals surface area contributed by atoms with Gasteiger partial charge in [0.2, 0.25) is 0 Å². The van der Waals surface area contributed by atoms with Crippen molar-refractivity contribution in [1.29, 1.82) is 0 Å². The van der Waals surface area contributed by atoms with E-state index in [1.54, 1.807) is 13.1 Å². The van der Waals surface area contributed by atoms with Crippen LogP contribution in [0.1, 0.15) is 12.5 Å². The van der Waals surface area contributed by atoms with Crippen LogP contribution in [-0.4, -0.2) is 38.1 Å². The number of nitrogens with one attached hydrogen (secondary N) is 1. The molecule has 1 unspecified atom stereocenters. The highest BCUT2D eigenvalue weighted by Gasteiger charge is 2.07. The first-order valence-corrected chi connectivity index (χ1v) is 5.98. The zero-order valence-electron chi connectivity index (χ0n) is 10.8. The molecule has 18 heavy (non-hydrogen) atoms. The van der Waals surface area contributed by atoms with Crippen molar-refractivity contribution in [3.63, 3.8) is 0 Å². The monoisotopic (exact) mass is 257 g/mol. The summed E-state index contributed by atoms with van der Waals surface area (Å²) in [6.45, 7) is 3.26. The van der Waals surface area contributed by atoms with Gasteiger partial charge in [0.25, 0.3) is 0 Å². The third-order valence-corrected chi connectivity index (χ3v) is 2.27. The number of aliphatic hydroxyl groups excluding tert-OH is 1. The molecule has 102 valence electrons. The summed E-state index contributed by atoms with van der Waals surface area (Å²) in [7, 11) is 1.79. The number of hydrogen-bond donors (Lipinski definition) is 2. The van der Waals surface area contributed by atoms with Crippen LogP contribution in [0.3, 0.4) is 0 Å². The maximum absolute atomic E-state index is 13.3. The Labute approximate surface area is 107 Å². The van der Waals surface area contributed by atoms with Crippen molar-refractivity contribution >= 4 is 0 Å². The van der Waals surface area contributed by atoms with E-state index in [1.165, 1.54) is 12.1 Å². The van der Waals surface area contributed by atoms with E-state index in [9.17, 15) is 9.50 Å². The molecule has 0 bridgehead atoms. The summed E-state index contributed by atoms with van der Waals surface area (Å²) < 4.78 is 23.7. The van der Waals surface area contributed by atoms with E-state index >= 15 is 0 Å². The number of rotatable bonds is 8. The summed E-state index contributed by atoms with van der Waals surface area (Å²) in [5.74, 6) is 0.0628. The van der Waals surface area contributed by atoms with E-state index in [0.717, 1.165) is 5.56 Å². The summed E-state index contributed by atoms with van der Waals surface area (Å²) in [4.78, 5) is 0. The van der Waals surface area contributed by atoms with Gasteiger partial charge in [-0.25, -0.2) is 4.39 Å². The Morgan fingerprint density at radius 2 is 2.11 bits per heavy atom. The smallest absolute Gasteiger partial charge is 0.127 e. The number of benzene rings is 1. The first-order valence-electron chi connectivity index (χ1n) is 5.98. The van der Waals surface area contributed by atoms with Crippen LogP contribution in [0, 0.1) is 5.82 Å². The van der Waals surface area contributed by atoms with Crippen molar-refractivity contribution < 1.29 is 19.0 Å². The molecule has 1 aromatic carbocycles. The maximum Gasteiger partial charge on any atom is 0.127 e. The molecule has 0 radical (unpaired) electrons. The fraction of sp³-hybridized carbons (Fsp3) is 0.538. The van der Waals surface area contributed by atoms with E-state index in [2.05, 4.69) is 5.32 Å². The molecule has 4 nitrogen and oxygen atoms in total. The van der Waals surface area contributed by atoms with Crippen molar-refractivity contribution in [2.75, 3.05) is 26.9 Å². The van der Waals surface area contributed by atoms with Crippen LogP contribution in [-0.2, 0) is 11.3 Å². The molecular weight excluding hydrogens is 237 g/mol. The SMILES string of the molecule is CCOCC(O)COc1cc(F)cc(CNC)c1. The molecule has 1 rings (SSSR count). The van der Waals surface area contributed by atoms with Gasteiger partial charge < -0.3 is 19.9 Å². The Morgan fingerprint density at radius 3 is 2.78 bits per heavy atom. The zero-order chi connectivity index (χ0) is 13.4. The molecule has 0 spiro atoms. The molecule has 0 amide bonds. The number of ether oxygens (including phenoxy) is 2. The van der Waals surface area contributed by atoms with Crippen LogP contribution in [0.15, 0.2) is 18.2 Å². The lowest BCUT2D eigenvalue weighted by molar-refractivity contribution is 0.0164. The topological polar surface area (TPSA) is 50.7 Å². The molecule has 0 aliphatic carbocycles. The number of hydrogen-bond acceptors (Lipinski definition) is 4. The predicted octanol–water partition coefficient (Wildman–Crippen LogP) is 1.32. The minimum Gasteiger partial charge on any atom is -0.491 e. The van der Waals surface area contributed by atoms with Crippen LogP contribution in [0.4, 0.5) is 4.39 Å². The summed E-state index contributed by atoms with van der Waals surface area (Å²) in [6.07, 6.45) is -0.707. The average molecular weight is 257 g/mol. The van der Waals surface area contributed by atoms with Crippen molar-refractivity contribution in [2.45, 2.75) is 19.6 Å². The minimum absolute atomic E-state index is 0.0858. The molecule has 1 atom stereocenters. The second-order valence-electron chi connectivity index (χ2n) is 3.95. The number of aliphatic hydroxyl groups is 1. The van der Waals surface area contributed by atoms with Gasteiger partial charge >= 0.3 is 0 Å². The second-order valence-corrected chi connectivity index (χ2v) is 3.95. The van der Waals surface area contributed by atoms with Crippen LogP contribution in [0.25, 0.3) is 0 Å². The Hall–Kier alpha value is -1.17. The molecule has 0 saturated carbocycles. The van der Waals surface area contributed by atoms with Gasteiger partial charge in [-0.05, 0) is 31.7 Å². The molecule has 0 aromatic heterocycles. The lowest BCUT2D eigenvalue weighted by Gasteiger charge is -2.13. The van der Waals surface area contributed by atoms with E-state index in [4.69, 9.17) is 9.47 Å². The molecular formula is C13H20FNO3. The Morgan fingerprint density at radius 1 is 1.33 bits per heavy atom.